The molecule has 0 saturated heterocycles. The van der Waals surface area contributed by atoms with E-state index in [2.05, 4.69) is 15.1 Å². The van der Waals surface area contributed by atoms with Crippen molar-refractivity contribution in [1.82, 2.24) is 19.7 Å². The maximum atomic E-state index is 12.7. The van der Waals surface area contributed by atoms with Crippen molar-refractivity contribution in [2.24, 2.45) is 12.8 Å². The van der Waals surface area contributed by atoms with Crippen LogP contribution in [0.25, 0.3) is 11.3 Å². The first-order valence-electron chi connectivity index (χ1n) is 9.79. The average molecular weight is 471 g/mol. The summed E-state index contributed by atoms with van der Waals surface area (Å²) in [7, 11) is 1.22. The van der Waals surface area contributed by atoms with E-state index in [1.807, 2.05) is 6.07 Å². The molecule has 0 unspecified atom stereocenters. The van der Waals surface area contributed by atoms with Crippen LogP contribution in [0.5, 0.6) is 0 Å². The molecule has 0 radical (unpaired) electrons. The molecule has 33 heavy (non-hydrogen) atoms. The molecule has 3 aromatic heterocycles. The van der Waals surface area contributed by atoms with E-state index in [0.717, 1.165) is 42.1 Å². The molecular formula is C21H19F6N5O. The fourth-order valence-corrected chi connectivity index (χ4v) is 3.32. The van der Waals surface area contributed by atoms with Crippen molar-refractivity contribution in [3.63, 3.8) is 0 Å². The monoisotopic (exact) mass is 471 g/mol. The Bertz CT molecular complexity index is 1150. The smallest absolute Gasteiger partial charge is 0.364 e. The Labute approximate surface area is 184 Å². The Morgan fingerprint density at radius 3 is 2.21 bits per heavy atom. The minimum absolute atomic E-state index is 0.271. The number of pyridine rings is 2. The van der Waals surface area contributed by atoms with Crippen molar-refractivity contribution in [3.05, 3.63) is 64.9 Å². The summed E-state index contributed by atoms with van der Waals surface area (Å²) in [6, 6.07) is 7.00. The number of aromatic nitrogens is 4. The molecule has 12 heteroatoms. The molecule has 0 aliphatic heterocycles. The number of rotatable bonds is 2. The molecule has 0 bridgehead atoms. The van der Waals surface area contributed by atoms with Gasteiger partial charge in [-0.25, -0.2) is 0 Å². The Kier molecular flexibility index (Phi) is 6.75. The van der Waals surface area contributed by atoms with Gasteiger partial charge < -0.3 is 5.73 Å². The zero-order chi connectivity index (χ0) is 24.4. The maximum Gasteiger partial charge on any atom is 0.435 e. The third kappa shape index (κ3) is 5.88. The van der Waals surface area contributed by atoms with E-state index in [9.17, 15) is 31.1 Å². The molecule has 6 nitrogen and oxygen atoms in total. The van der Waals surface area contributed by atoms with Gasteiger partial charge in [0, 0.05) is 30.6 Å². The van der Waals surface area contributed by atoms with Gasteiger partial charge in [-0.3, -0.25) is 19.4 Å². The summed E-state index contributed by atoms with van der Waals surface area (Å²) in [4.78, 5) is 18.4. The highest BCUT2D eigenvalue weighted by atomic mass is 19.4. The van der Waals surface area contributed by atoms with E-state index < -0.39 is 29.6 Å². The first-order valence-corrected chi connectivity index (χ1v) is 9.79. The van der Waals surface area contributed by atoms with Crippen molar-refractivity contribution < 1.29 is 31.1 Å². The number of hydrogen-bond donors (Lipinski definition) is 1. The second kappa shape index (κ2) is 9.20. The number of carbonyl (C=O) groups excluding carboxylic acids is 1. The fraction of sp³-hybridized carbons (Fsp3) is 0.333. The molecular weight excluding hydrogens is 452 g/mol. The predicted octanol–water partition coefficient (Wildman–Crippen LogP) is 4.58. The normalized spacial score (nSPS) is 13.7. The first kappa shape index (κ1) is 24.2. The molecule has 1 amide bonds. The summed E-state index contributed by atoms with van der Waals surface area (Å²) in [6.07, 6.45) is -3.64. The van der Waals surface area contributed by atoms with Gasteiger partial charge >= 0.3 is 12.4 Å². The highest BCUT2D eigenvalue weighted by molar-refractivity contribution is 5.91. The second-order valence-corrected chi connectivity index (χ2v) is 7.34. The summed E-state index contributed by atoms with van der Waals surface area (Å²) in [6.45, 7) is 0. The number of halogens is 6. The van der Waals surface area contributed by atoms with Gasteiger partial charge in [0.1, 0.15) is 11.4 Å². The average Bonchev–Trinajstić information content (AvgIpc) is 3.16. The topological polar surface area (TPSA) is 86.7 Å². The van der Waals surface area contributed by atoms with E-state index in [-0.39, 0.29) is 5.69 Å². The number of fused-ring (bicyclic) bond motifs is 1. The van der Waals surface area contributed by atoms with Gasteiger partial charge in [0.2, 0.25) is 0 Å². The lowest BCUT2D eigenvalue weighted by Crippen LogP contribution is -2.15. The van der Waals surface area contributed by atoms with Gasteiger partial charge in [-0.15, -0.1) is 0 Å². The third-order valence-electron chi connectivity index (χ3n) is 4.95. The zero-order valence-corrected chi connectivity index (χ0v) is 17.3. The Morgan fingerprint density at radius 2 is 1.64 bits per heavy atom. The number of carbonyl (C=O) groups is 1. The number of alkyl halides is 6. The molecule has 1 aliphatic rings. The lowest BCUT2D eigenvalue weighted by molar-refractivity contribution is -0.142. The lowest BCUT2D eigenvalue weighted by Gasteiger charge is -2.15. The van der Waals surface area contributed by atoms with Gasteiger partial charge in [0.25, 0.3) is 5.91 Å². The molecule has 2 N–H and O–H groups in total. The van der Waals surface area contributed by atoms with Crippen molar-refractivity contribution in [1.29, 1.82) is 0 Å². The highest BCUT2D eigenvalue weighted by Crippen LogP contribution is 2.31. The number of hydrogen-bond acceptors (Lipinski definition) is 4. The minimum Gasteiger partial charge on any atom is -0.364 e. The molecule has 3 aromatic rings. The first-order chi connectivity index (χ1) is 15.4. The van der Waals surface area contributed by atoms with Crippen LogP contribution in [-0.4, -0.2) is 25.7 Å². The Morgan fingerprint density at radius 1 is 0.970 bits per heavy atom. The van der Waals surface area contributed by atoms with Gasteiger partial charge in [-0.1, -0.05) is 6.07 Å². The molecule has 0 atom stereocenters. The molecule has 0 spiro atoms. The lowest BCUT2D eigenvalue weighted by atomic mass is 9.95. The predicted molar refractivity (Wildman–Crippen MR) is 106 cm³/mol. The molecule has 0 saturated carbocycles. The number of nitrogens with two attached hydrogens (primary N) is 1. The molecule has 176 valence electrons. The van der Waals surface area contributed by atoms with Crippen molar-refractivity contribution in [2.75, 3.05) is 0 Å². The van der Waals surface area contributed by atoms with Crippen LogP contribution in [0.15, 0.2) is 36.5 Å². The molecule has 0 fully saturated rings. The van der Waals surface area contributed by atoms with Crippen LogP contribution < -0.4 is 5.73 Å². The number of nitrogens with zero attached hydrogens (tertiary/aromatic N) is 4. The molecule has 0 aromatic carbocycles. The van der Waals surface area contributed by atoms with Gasteiger partial charge in [0.05, 0.1) is 5.69 Å². The van der Waals surface area contributed by atoms with Crippen LogP contribution in [0.1, 0.15) is 46.0 Å². The van der Waals surface area contributed by atoms with E-state index in [1.165, 1.54) is 18.8 Å². The second-order valence-electron chi connectivity index (χ2n) is 7.34. The molecule has 3 heterocycles. The van der Waals surface area contributed by atoms with Crippen molar-refractivity contribution in [2.45, 2.75) is 38.0 Å². The van der Waals surface area contributed by atoms with Gasteiger partial charge in [-0.2, -0.15) is 31.4 Å². The summed E-state index contributed by atoms with van der Waals surface area (Å²) in [5.74, 6) is -0.939. The Balaban J connectivity index is 0.000000205. The van der Waals surface area contributed by atoms with Crippen molar-refractivity contribution >= 4 is 5.91 Å². The van der Waals surface area contributed by atoms with Crippen LogP contribution in [0.4, 0.5) is 26.3 Å². The van der Waals surface area contributed by atoms with Crippen LogP contribution in [0.3, 0.4) is 0 Å². The van der Waals surface area contributed by atoms with E-state index in [0.29, 0.717) is 17.3 Å². The van der Waals surface area contributed by atoms with Crippen LogP contribution in [0.2, 0.25) is 0 Å². The van der Waals surface area contributed by atoms with Gasteiger partial charge in [0.15, 0.2) is 5.69 Å². The van der Waals surface area contributed by atoms with E-state index >= 15 is 0 Å². The van der Waals surface area contributed by atoms with E-state index in [4.69, 9.17) is 5.73 Å². The summed E-state index contributed by atoms with van der Waals surface area (Å²) >= 11 is 0. The quantitative estimate of drug-likeness (QED) is 0.555. The Hall–Kier alpha value is -3.44. The number of amides is 1. The molecule has 4 rings (SSSR count). The fourth-order valence-electron chi connectivity index (χ4n) is 3.32. The SMILES string of the molecule is Cn1nc(C(F)(F)F)cc1C(N)=O.FC(F)(F)c1cc(-c2ccc3c(n2)CCCC3)ccn1. The summed E-state index contributed by atoms with van der Waals surface area (Å²) in [5, 5.41) is 3.09. The van der Waals surface area contributed by atoms with Crippen LogP contribution in [-0.2, 0) is 32.2 Å². The minimum atomic E-state index is -4.55. The standard InChI is InChI=1S/C15H13F3N2.C6H6F3N3O/c16-15(17,18)14-9-11(7-8-19-14)13-6-5-10-3-1-2-4-12(10)20-13;1-12-3(5(10)13)2-4(11-12)6(7,8)9/h5-9H,1-4H2;2H,1H3,(H2,10,13). The number of aryl methyl sites for hydroxylation is 3. The largest absolute Gasteiger partial charge is 0.435 e. The van der Waals surface area contributed by atoms with Crippen molar-refractivity contribution in [3.8, 4) is 11.3 Å². The molecule has 1 aliphatic carbocycles. The van der Waals surface area contributed by atoms with Gasteiger partial charge in [-0.05, 0) is 49.4 Å². The summed E-state index contributed by atoms with van der Waals surface area (Å²) in [5.41, 5.74) is 5.80. The zero-order valence-electron chi connectivity index (χ0n) is 17.3. The summed E-state index contributed by atoms with van der Waals surface area (Å²) < 4.78 is 74.9. The third-order valence-corrected chi connectivity index (χ3v) is 4.95. The van der Waals surface area contributed by atoms with Crippen LogP contribution in [0, 0.1) is 0 Å². The highest BCUT2D eigenvalue weighted by Gasteiger charge is 2.35. The number of primary amides is 1. The van der Waals surface area contributed by atoms with Crippen LogP contribution >= 0.6 is 0 Å². The maximum absolute atomic E-state index is 12.7. The van der Waals surface area contributed by atoms with E-state index in [1.54, 1.807) is 12.1 Å².